The second kappa shape index (κ2) is 3.49. The predicted octanol–water partition coefficient (Wildman–Crippen LogP) is 2.25. The third-order valence-corrected chi connectivity index (χ3v) is 3.11. The van der Waals surface area contributed by atoms with Gasteiger partial charge in [-0.25, -0.2) is 0 Å². The van der Waals surface area contributed by atoms with Crippen LogP contribution in [-0.2, 0) is 0 Å². The topological polar surface area (TPSA) is 21.6 Å². The number of ether oxygens (including phenoxy) is 1. The fourth-order valence-corrected chi connectivity index (χ4v) is 2.54. The molecule has 0 fully saturated rings. The van der Waals surface area contributed by atoms with E-state index in [9.17, 15) is 0 Å². The SMILES string of the molecule is CSC1=NCCOc2cscc21. The van der Waals surface area contributed by atoms with Crippen molar-refractivity contribution in [3.63, 3.8) is 0 Å². The van der Waals surface area contributed by atoms with Crippen molar-refractivity contribution in [2.24, 2.45) is 4.99 Å². The lowest BCUT2D eigenvalue weighted by atomic mass is 10.3. The summed E-state index contributed by atoms with van der Waals surface area (Å²) in [5, 5.41) is 5.23. The van der Waals surface area contributed by atoms with Crippen molar-refractivity contribution in [2.45, 2.75) is 0 Å². The number of hydrogen-bond donors (Lipinski definition) is 0. The Labute approximate surface area is 79.7 Å². The molecule has 0 atom stereocenters. The zero-order valence-electron chi connectivity index (χ0n) is 6.74. The van der Waals surface area contributed by atoms with Crippen LogP contribution in [-0.4, -0.2) is 24.5 Å². The lowest BCUT2D eigenvalue weighted by Gasteiger charge is -2.00. The Hall–Kier alpha value is -0.480. The molecular weight excluding hydrogens is 190 g/mol. The molecule has 0 radical (unpaired) electrons. The van der Waals surface area contributed by atoms with Crippen molar-refractivity contribution in [1.29, 1.82) is 0 Å². The summed E-state index contributed by atoms with van der Waals surface area (Å²) in [6, 6.07) is 0. The van der Waals surface area contributed by atoms with Crippen LogP contribution in [0, 0.1) is 0 Å². The van der Waals surface area contributed by atoms with Crippen LogP contribution >= 0.6 is 23.1 Å². The molecule has 1 aliphatic rings. The molecule has 2 rings (SSSR count). The quantitative estimate of drug-likeness (QED) is 0.639. The number of hydrogen-bond acceptors (Lipinski definition) is 4. The zero-order valence-corrected chi connectivity index (χ0v) is 8.37. The van der Waals surface area contributed by atoms with E-state index in [0.717, 1.165) is 22.9 Å². The number of aliphatic imine (C=N–C) groups is 1. The smallest absolute Gasteiger partial charge is 0.139 e. The van der Waals surface area contributed by atoms with Crippen molar-refractivity contribution in [2.75, 3.05) is 19.4 Å². The maximum absolute atomic E-state index is 5.50. The Morgan fingerprint density at radius 1 is 1.58 bits per heavy atom. The first-order chi connectivity index (χ1) is 5.92. The molecule has 1 aromatic rings. The second-order valence-electron chi connectivity index (χ2n) is 2.39. The van der Waals surface area contributed by atoms with Crippen LogP contribution in [0.15, 0.2) is 15.8 Å². The summed E-state index contributed by atoms with van der Waals surface area (Å²) in [6.07, 6.45) is 2.05. The van der Waals surface area contributed by atoms with Crippen LogP contribution in [0.5, 0.6) is 5.75 Å². The van der Waals surface area contributed by atoms with Crippen molar-refractivity contribution in [3.8, 4) is 5.75 Å². The molecule has 0 saturated heterocycles. The van der Waals surface area contributed by atoms with Gasteiger partial charge in [-0.1, -0.05) is 0 Å². The highest BCUT2D eigenvalue weighted by molar-refractivity contribution is 8.13. The molecule has 0 bridgehead atoms. The summed E-state index contributed by atoms with van der Waals surface area (Å²) < 4.78 is 5.50. The normalized spacial score (nSPS) is 15.9. The van der Waals surface area contributed by atoms with Gasteiger partial charge in [-0.15, -0.1) is 23.1 Å². The molecule has 64 valence electrons. The minimum atomic E-state index is 0.702. The van der Waals surface area contributed by atoms with Gasteiger partial charge in [-0.05, 0) is 6.26 Å². The first kappa shape index (κ1) is 8.13. The standard InChI is InChI=1S/C8H9NOS2/c1-11-8-6-4-12-5-7(6)10-3-2-9-8/h4-5H,2-3H2,1H3. The third-order valence-electron chi connectivity index (χ3n) is 1.65. The molecular formula is C8H9NOS2. The zero-order chi connectivity index (χ0) is 8.39. The highest BCUT2D eigenvalue weighted by atomic mass is 32.2. The van der Waals surface area contributed by atoms with Gasteiger partial charge in [-0.3, -0.25) is 4.99 Å². The molecule has 0 amide bonds. The monoisotopic (exact) mass is 199 g/mol. The summed E-state index contributed by atoms with van der Waals surface area (Å²) in [7, 11) is 0. The minimum Gasteiger partial charge on any atom is -0.490 e. The fraction of sp³-hybridized carbons (Fsp3) is 0.375. The second-order valence-corrected chi connectivity index (χ2v) is 3.93. The molecule has 0 aromatic carbocycles. The van der Waals surface area contributed by atoms with E-state index in [1.165, 1.54) is 0 Å². The fourth-order valence-electron chi connectivity index (χ4n) is 1.12. The Balaban J connectivity index is 2.42. The van der Waals surface area contributed by atoms with Gasteiger partial charge >= 0.3 is 0 Å². The van der Waals surface area contributed by atoms with Crippen molar-refractivity contribution in [3.05, 3.63) is 16.3 Å². The molecule has 0 N–H and O–H groups in total. The van der Waals surface area contributed by atoms with Crippen LogP contribution in [0.2, 0.25) is 0 Å². The molecule has 4 heteroatoms. The van der Waals surface area contributed by atoms with Gasteiger partial charge in [-0.2, -0.15) is 0 Å². The Bertz CT molecular complexity index is 306. The number of nitrogens with zero attached hydrogens (tertiary/aromatic N) is 1. The molecule has 0 saturated carbocycles. The highest BCUT2D eigenvalue weighted by Crippen LogP contribution is 2.28. The average molecular weight is 199 g/mol. The highest BCUT2D eigenvalue weighted by Gasteiger charge is 2.13. The van der Waals surface area contributed by atoms with Gasteiger partial charge in [0.15, 0.2) is 0 Å². The Morgan fingerprint density at radius 3 is 3.33 bits per heavy atom. The predicted molar refractivity (Wildman–Crippen MR) is 54.7 cm³/mol. The molecule has 0 unspecified atom stereocenters. The van der Waals surface area contributed by atoms with Crippen molar-refractivity contribution in [1.82, 2.24) is 0 Å². The van der Waals surface area contributed by atoms with Gasteiger partial charge in [0.1, 0.15) is 17.4 Å². The average Bonchev–Trinajstić information content (AvgIpc) is 2.46. The summed E-state index contributed by atoms with van der Waals surface area (Å²) >= 11 is 3.35. The van der Waals surface area contributed by atoms with Crippen LogP contribution in [0.4, 0.5) is 0 Å². The van der Waals surface area contributed by atoms with E-state index < -0.39 is 0 Å². The summed E-state index contributed by atoms with van der Waals surface area (Å²) in [4.78, 5) is 4.42. The molecule has 0 aliphatic carbocycles. The van der Waals surface area contributed by atoms with Crippen molar-refractivity contribution >= 4 is 28.1 Å². The van der Waals surface area contributed by atoms with Crippen LogP contribution in [0.1, 0.15) is 5.56 Å². The lowest BCUT2D eigenvalue weighted by molar-refractivity contribution is 0.332. The first-order valence-corrected chi connectivity index (χ1v) is 5.86. The maximum atomic E-state index is 5.50. The summed E-state index contributed by atoms with van der Waals surface area (Å²) in [6.45, 7) is 1.48. The van der Waals surface area contributed by atoms with Gasteiger partial charge in [0.25, 0.3) is 0 Å². The van der Waals surface area contributed by atoms with Crippen molar-refractivity contribution < 1.29 is 4.74 Å². The molecule has 2 heterocycles. The van der Waals surface area contributed by atoms with E-state index in [0.29, 0.717) is 6.61 Å². The largest absolute Gasteiger partial charge is 0.490 e. The van der Waals surface area contributed by atoms with E-state index in [-0.39, 0.29) is 0 Å². The van der Waals surface area contributed by atoms with Crippen LogP contribution in [0.3, 0.4) is 0 Å². The number of rotatable bonds is 0. The van der Waals surface area contributed by atoms with E-state index in [1.54, 1.807) is 23.1 Å². The molecule has 12 heavy (non-hydrogen) atoms. The van der Waals surface area contributed by atoms with Crippen LogP contribution in [0.25, 0.3) is 0 Å². The van der Waals surface area contributed by atoms with Gasteiger partial charge in [0.2, 0.25) is 0 Å². The summed E-state index contributed by atoms with van der Waals surface area (Å²) in [5.74, 6) is 0.991. The lowest BCUT2D eigenvalue weighted by Crippen LogP contribution is -1.97. The Morgan fingerprint density at radius 2 is 2.50 bits per heavy atom. The van der Waals surface area contributed by atoms with Gasteiger partial charge < -0.3 is 4.74 Å². The van der Waals surface area contributed by atoms with E-state index in [4.69, 9.17) is 4.74 Å². The van der Waals surface area contributed by atoms with Gasteiger partial charge in [0, 0.05) is 10.8 Å². The number of fused-ring (bicyclic) bond motifs is 1. The molecule has 2 nitrogen and oxygen atoms in total. The van der Waals surface area contributed by atoms with E-state index in [2.05, 4.69) is 10.4 Å². The first-order valence-electron chi connectivity index (χ1n) is 3.69. The minimum absolute atomic E-state index is 0.702. The number of thiophene rings is 1. The maximum Gasteiger partial charge on any atom is 0.139 e. The molecule has 1 aliphatic heterocycles. The van der Waals surface area contributed by atoms with E-state index >= 15 is 0 Å². The number of thioether (sulfide) groups is 1. The van der Waals surface area contributed by atoms with Crippen LogP contribution < -0.4 is 4.74 Å². The Kier molecular flexibility index (Phi) is 2.37. The molecule has 0 spiro atoms. The third kappa shape index (κ3) is 1.36. The van der Waals surface area contributed by atoms with Gasteiger partial charge in [0.05, 0.1) is 12.1 Å². The summed E-state index contributed by atoms with van der Waals surface area (Å²) in [5.41, 5.74) is 1.16. The molecule has 1 aromatic heterocycles. The van der Waals surface area contributed by atoms with E-state index in [1.807, 2.05) is 11.6 Å².